The van der Waals surface area contributed by atoms with E-state index >= 15 is 0 Å². The first-order valence-corrected chi connectivity index (χ1v) is 12.6. The number of fused-ring (bicyclic) bond motifs is 1. The van der Waals surface area contributed by atoms with Crippen LogP contribution >= 0.6 is 31.9 Å². The lowest BCUT2D eigenvalue weighted by Crippen LogP contribution is -2.17. The first-order chi connectivity index (χ1) is 15.8. The van der Waals surface area contributed by atoms with Crippen LogP contribution in [0.4, 0.5) is 0 Å². The van der Waals surface area contributed by atoms with E-state index in [1.807, 2.05) is 30.3 Å². The second kappa shape index (κ2) is 9.86. The van der Waals surface area contributed by atoms with Crippen LogP contribution in [0.3, 0.4) is 0 Å². The van der Waals surface area contributed by atoms with Crippen molar-refractivity contribution in [2.75, 3.05) is 0 Å². The Balaban J connectivity index is 1.48. The molecule has 0 aliphatic rings. The summed E-state index contributed by atoms with van der Waals surface area (Å²) >= 11 is 6.67. The van der Waals surface area contributed by atoms with Crippen LogP contribution in [-0.4, -0.2) is 20.5 Å². The zero-order chi connectivity index (χ0) is 23.4. The summed E-state index contributed by atoms with van der Waals surface area (Å²) in [5.74, 6) is -0.236. The minimum Gasteiger partial charge on any atom is -0.377 e. The number of hydrogen-bond acceptors (Lipinski definition) is 5. The van der Waals surface area contributed by atoms with Gasteiger partial charge in [-0.3, -0.25) is 4.79 Å². The number of hydrazone groups is 1. The molecular weight excluding hydrogens is 572 g/mol. The van der Waals surface area contributed by atoms with E-state index in [-0.39, 0.29) is 16.6 Å². The van der Waals surface area contributed by atoms with E-state index < -0.39 is 10.1 Å². The van der Waals surface area contributed by atoms with Crippen LogP contribution in [0.2, 0.25) is 0 Å². The average molecular weight is 588 g/mol. The Kier molecular flexibility index (Phi) is 6.92. The summed E-state index contributed by atoms with van der Waals surface area (Å²) in [6.45, 7) is 0. The van der Waals surface area contributed by atoms with E-state index in [0.717, 1.165) is 10.8 Å². The summed E-state index contributed by atoms with van der Waals surface area (Å²) in [6.07, 6.45) is 1.45. The van der Waals surface area contributed by atoms with Gasteiger partial charge in [0, 0.05) is 5.56 Å². The van der Waals surface area contributed by atoms with Crippen molar-refractivity contribution >= 4 is 64.9 Å². The molecule has 1 amide bonds. The number of amides is 1. The smallest absolute Gasteiger partial charge is 0.339 e. The maximum Gasteiger partial charge on any atom is 0.339 e. The SMILES string of the molecule is O=C(N/N=C\c1cc(Br)c(OS(=O)(=O)c2ccccc2)c(Br)c1)c1ccc2ccccc2c1. The maximum absolute atomic E-state index is 12.5. The third kappa shape index (κ3) is 5.50. The maximum atomic E-state index is 12.5. The molecule has 0 atom stereocenters. The number of nitrogens with zero attached hydrogens (tertiary/aromatic N) is 1. The molecule has 0 unspecified atom stereocenters. The van der Waals surface area contributed by atoms with E-state index in [2.05, 4.69) is 42.4 Å². The van der Waals surface area contributed by atoms with Crippen LogP contribution in [0.25, 0.3) is 10.8 Å². The molecule has 4 aromatic carbocycles. The Morgan fingerprint density at radius 2 is 1.48 bits per heavy atom. The number of rotatable bonds is 6. The summed E-state index contributed by atoms with van der Waals surface area (Å²) in [5.41, 5.74) is 3.60. The molecule has 0 spiro atoms. The molecule has 1 N–H and O–H groups in total. The lowest BCUT2D eigenvalue weighted by atomic mass is 10.1. The summed E-state index contributed by atoms with van der Waals surface area (Å²) < 4.78 is 31.1. The highest BCUT2D eigenvalue weighted by molar-refractivity contribution is 9.11. The van der Waals surface area contributed by atoms with Crippen molar-refractivity contribution < 1.29 is 17.4 Å². The molecule has 0 aliphatic heterocycles. The topological polar surface area (TPSA) is 84.8 Å². The molecule has 0 saturated carbocycles. The Hall–Kier alpha value is -3.01. The van der Waals surface area contributed by atoms with E-state index in [1.54, 1.807) is 42.5 Å². The van der Waals surface area contributed by atoms with E-state index in [9.17, 15) is 13.2 Å². The quantitative estimate of drug-likeness (QED) is 0.173. The third-order valence-electron chi connectivity index (χ3n) is 4.64. The molecule has 166 valence electrons. The lowest BCUT2D eigenvalue weighted by Gasteiger charge is -2.11. The summed E-state index contributed by atoms with van der Waals surface area (Å²) in [7, 11) is -4.00. The summed E-state index contributed by atoms with van der Waals surface area (Å²) in [4.78, 5) is 12.5. The monoisotopic (exact) mass is 586 g/mol. The number of carbonyl (C=O) groups is 1. The van der Waals surface area contributed by atoms with E-state index in [4.69, 9.17) is 4.18 Å². The Morgan fingerprint density at radius 3 is 2.18 bits per heavy atom. The van der Waals surface area contributed by atoms with Crippen molar-refractivity contribution in [3.8, 4) is 5.75 Å². The second-order valence-corrected chi connectivity index (χ2v) is 10.2. The van der Waals surface area contributed by atoms with Crippen LogP contribution in [-0.2, 0) is 10.1 Å². The standard InChI is InChI=1S/C24H16Br2N2O4S/c25-21-12-16(13-22(26)23(21)32-33(30,31)20-8-2-1-3-9-20)15-27-28-24(29)19-11-10-17-6-4-5-7-18(17)14-19/h1-15H,(H,28,29)/b27-15-. The molecule has 0 radical (unpaired) electrons. The van der Waals surface area contributed by atoms with Gasteiger partial charge in [0.25, 0.3) is 5.91 Å². The molecule has 9 heteroatoms. The zero-order valence-corrected chi connectivity index (χ0v) is 20.9. The summed E-state index contributed by atoms with van der Waals surface area (Å²) in [5, 5.41) is 6.01. The normalized spacial score (nSPS) is 11.6. The molecule has 0 heterocycles. The van der Waals surface area contributed by atoms with Crippen molar-refractivity contribution in [1.82, 2.24) is 5.43 Å². The van der Waals surface area contributed by atoms with Crippen LogP contribution in [0.1, 0.15) is 15.9 Å². The van der Waals surface area contributed by atoms with Gasteiger partial charge in [-0.05, 0) is 84.6 Å². The lowest BCUT2D eigenvalue weighted by molar-refractivity contribution is 0.0955. The molecule has 6 nitrogen and oxygen atoms in total. The largest absolute Gasteiger partial charge is 0.377 e. The van der Waals surface area contributed by atoms with Gasteiger partial charge in [0.2, 0.25) is 0 Å². The first-order valence-electron chi connectivity index (χ1n) is 9.64. The minimum atomic E-state index is -4.00. The predicted octanol–water partition coefficient (Wildman–Crippen LogP) is 5.90. The molecule has 4 aromatic rings. The highest BCUT2D eigenvalue weighted by Crippen LogP contribution is 2.36. The van der Waals surface area contributed by atoms with Crippen molar-refractivity contribution in [2.24, 2.45) is 5.10 Å². The van der Waals surface area contributed by atoms with Gasteiger partial charge in [-0.1, -0.05) is 48.5 Å². The Labute approximate surface area is 207 Å². The number of carbonyl (C=O) groups excluding carboxylic acids is 1. The van der Waals surface area contributed by atoms with E-state index in [1.165, 1.54) is 18.3 Å². The van der Waals surface area contributed by atoms with Crippen LogP contribution < -0.4 is 9.61 Å². The molecule has 0 aliphatic carbocycles. The van der Waals surface area contributed by atoms with Gasteiger partial charge < -0.3 is 4.18 Å². The van der Waals surface area contributed by atoms with Gasteiger partial charge >= 0.3 is 10.1 Å². The Bertz CT molecular complexity index is 1450. The van der Waals surface area contributed by atoms with Gasteiger partial charge in [0.1, 0.15) is 4.90 Å². The third-order valence-corrected chi connectivity index (χ3v) is 7.05. The predicted molar refractivity (Wildman–Crippen MR) is 135 cm³/mol. The number of nitrogens with one attached hydrogen (secondary N) is 1. The zero-order valence-electron chi connectivity index (χ0n) is 16.9. The highest BCUT2D eigenvalue weighted by atomic mass is 79.9. The van der Waals surface area contributed by atoms with Crippen molar-refractivity contribution in [3.63, 3.8) is 0 Å². The number of halogens is 2. The molecule has 0 aromatic heterocycles. The van der Waals surface area contributed by atoms with Crippen LogP contribution in [0.5, 0.6) is 5.75 Å². The highest BCUT2D eigenvalue weighted by Gasteiger charge is 2.20. The van der Waals surface area contributed by atoms with Gasteiger partial charge in [-0.15, -0.1) is 0 Å². The first kappa shape index (κ1) is 23.2. The molecular formula is C24H16Br2N2O4S. The van der Waals surface area contributed by atoms with Crippen molar-refractivity contribution in [1.29, 1.82) is 0 Å². The van der Waals surface area contributed by atoms with Gasteiger partial charge in [-0.25, -0.2) is 5.43 Å². The molecule has 0 fully saturated rings. The fraction of sp³-hybridized carbons (Fsp3) is 0. The minimum absolute atomic E-state index is 0.0471. The van der Waals surface area contributed by atoms with Gasteiger partial charge in [0.15, 0.2) is 5.75 Å². The van der Waals surface area contributed by atoms with Gasteiger partial charge in [-0.2, -0.15) is 13.5 Å². The molecule has 0 saturated heterocycles. The van der Waals surface area contributed by atoms with Crippen LogP contribution in [0.15, 0.2) is 104 Å². The number of hydrogen-bond donors (Lipinski definition) is 1. The molecule has 0 bridgehead atoms. The average Bonchev–Trinajstić information content (AvgIpc) is 2.81. The van der Waals surface area contributed by atoms with Crippen molar-refractivity contribution in [2.45, 2.75) is 4.90 Å². The molecule has 4 rings (SSSR count). The second-order valence-electron chi connectivity index (χ2n) is 6.93. The molecule has 33 heavy (non-hydrogen) atoms. The van der Waals surface area contributed by atoms with Crippen molar-refractivity contribution in [3.05, 3.63) is 105 Å². The summed E-state index contributed by atoms with van der Waals surface area (Å²) in [6, 6.07) is 24.3. The van der Waals surface area contributed by atoms with E-state index in [0.29, 0.717) is 20.1 Å². The van der Waals surface area contributed by atoms with Gasteiger partial charge in [0.05, 0.1) is 15.2 Å². The Morgan fingerprint density at radius 1 is 0.848 bits per heavy atom. The van der Waals surface area contributed by atoms with Crippen LogP contribution in [0, 0.1) is 0 Å². The fourth-order valence-corrected chi connectivity index (χ4v) is 5.62. The number of benzene rings is 4. The fourth-order valence-electron chi connectivity index (χ4n) is 3.04.